The summed E-state index contributed by atoms with van der Waals surface area (Å²) >= 11 is 0. The molecule has 3 heterocycles. The molecule has 1 fully saturated rings. The summed E-state index contributed by atoms with van der Waals surface area (Å²) in [6.07, 6.45) is 4.16. The van der Waals surface area contributed by atoms with Crippen molar-refractivity contribution in [2.24, 2.45) is 0 Å². The van der Waals surface area contributed by atoms with Crippen LogP contribution in [0.3, 0.4) is 0 Å². The van der Waals surface area contributed by atoms with Crippen LogP contribution in [0.5, 0.6) is 0 Å². The zero-order chi connectivity index (χ0) is 14.7. The predicted octanol–water partition coefficient (Wildman–Crippen LogP) is 0.865. The van der Waals surface area contributed by atoms with Gasteiger partial charge in [0, 0.05) is 25.6 Å². The molecular formula is C13H19N7O. The van der Waals surface area contributed by atoms with Crippen molar-refractivity contribution in [3.8, 4) is 0 Å². The van der Waals surface area contributed by atoms with Gasteiger partial charge in [0.1, 0.15) is 5.82 Å². The van der Waals surface area contributed by atoms with Crippen molar-refractivity contribution in [3.05, 3.63) is 6.20 Å². The lowest BCUT2D eigenvalue weighted by Gasteiger charge is -2.13. The SMILES string of the molecule is CCCNc1nc(NCC2CCC(=O)N2)c2cn[nH]c2n1. The molecule has 0 spiro atoms. The number of aromatic nitrogens is 4. The predicted molar refractivity (Wildman–Crippen MR) is 80.1 cm³/mol. The van der Waals surface area contributed by atoms with Crippen LogP contribution in [0.25, 0.3) is 11.0 Å². The number of rotatable bonds is 6. The van der Waals surface area contributed by atoms with Crippen LogP contribution in [0, 0.1) is 0 Å². The summed E-state index contributed by atoms with van der Waals surface area (Å²) in [6.45, 7) is 3.55. The maximum absolute atomic E-state index is 11.2. The van der Waals surface area contributed by atoms with E-state index in [0.29, 0.717) is 24.6 Å². The maximum Gasteiger partial charge on any atom is 0.226 e. The molecule has 1 amide bonds. The Morgan fingerprint density at radius 3 is 3.05 bits per heavy atom. The second kappa shape index (κ2) is 5.94. The van der Waals surface area contributed by atoms with Crippen LogP contribution < -0.4 is 16.0 Å². The van der Waals surface area contributed by atoms with Gasteiger partial charge in [0.05, 0.1) is 11.6 Å². The fraction of sp³-hybridized carbons (Fsp3) is 0.538. The van der Waals surface area contributed by atoms with Crippen molar-refractivity contribution in [1.82, 2.24) is 25.5 Å². The molecule has 2 aromatic heterocycles. The molecule has 0 saturated carbocycles. The lowest BCUT2D eigenvalue weighted by Crippen LogP contribution is -2.32. The van der Waals surface area contributed by atoms with Gasteiger partial charge in [0.15, 0.2) is 5.65 Å². The maximum atomic E-state index is 11.2. The van der Waals surface area contributed by atoms with Crippen molar-refractivity contribution < 1.29 is 4.79 Å². The Hall–Kier alpha value is -2.38. The van der Waals surface area contributed by atoms with E-state index in [4.69, 9.17) is 0 Å². The van der Waals surface area contributed by atoms with E-state index in [2.05, 4.69) is 43.0 Å². The molecule has 21 heavy (non-hydrogen) atoms. The first kappa shape index (κ1) is 13.6. The summed E-state index contributed by atoms with van der Waals surface area (Å²) in [6, 6.07) is 0.154. The van der Waals surface area contributed by atoms with E-state index in [1.165, 1.54) is 0 Å². The third-order valence-electron chi connectivity index (χ3n) is 3.44. The summed E-state index contributed by atoms with van der Waals surface area (Å²) in [5.74, 6) is 1.42. The third kappa shape index (κ3) is 3.04. The Kier molecular flexibility index (Phi) is 3.85. The third-order valence-corrected chi connectivity index (χ3v) is 3.44. The lowest BCUT2D eigenvalue weighted by atomic mass is 10.2. The van der Waals surface area contributed by atoms with Crippen molar-refractivity contribution in [2.75, 3.05) is 23.7 Å². The van der Waals surface area contributed by atoms with Gasteiger partial charge in [-0.2, -0.15) is 15.1 Å². The van der Waals surface area contributed by atoms with Crippen LogP contribution in [-0.4, -0.2) is 45.2 Å². The van der Waals surface area contributed by atoms with Crippen molar-refractivity contribution >= 4 is 28.7 Å². The van der Waals surface area contributed by atoms with E-state index in [-0.39, 0.29) is 11.9 Å². The van der Waals surface area contributed by atoms with Crippen LogP contribution in [-0.2, 0) is 4.79 Å². The van der Waals surface area contributed by atoms with Crippen molar-refractivity contribution in [3.63, 3.8) is 0 Å². The van der Waals surface area contributed by atoms with E-state index in [1.807, 2.05) is 0 Å². The number of nitrogens with one attached hydrogen (secondary N) is 4. The van der Waals surface area contributed by atoms with E-state index in [1.54, 1.807) is 6.20 Å². The minimum atomic E-state index is 0.114. The van der Waals surface area contributed by atoms with E-state index in [9.17, 15) is 4.79 Å². The fourth-order valence-electron chi connectivity index (χ4n) is 2.34. The summed E-state index contributed by atoms with van der Waals surface area (Å²) in [5.41, 5.74) is 0.696. The Bertz CT molecular complexity index is 638. The molecule has 1 unspecified atom stereocenters. The highest BCUT2D eigenvalue weighted by Gasteiger charge is 2.21. The first-order valence-corrected chi connectivity index (χ1v) is 7.24. The number of aromatic amines is 1. The van der Waals surface area contributed by atoms with Gasteiger partial charge in [0.25, 0.3) is 0 Å². The van der Waals surface area contributed by atoms with Gasteiger partial charge in [-0.25, -0.2) is 0 Å². The van der Waals surface area contributed by atoms with Gasteiger partial charge in [-0.3, -0.25) is 9.89 Å². The number of carbonyl (C=O) groups excluding carboxylic acids is 1. The molecule has 8 heteroatoms. The fourth-order valence-corrected chi connectivity index (χ4v) is 2.34. The average molecular weight is 289 g/mol. The molecule has 1 saturated heterocycles. The number of fused-ring (bicyclic) bond motifs is 1. The zero-order valence-corrected chi connectivity index (χ0v) is 11.9. The lowest BCUT2D eigenvalue weighted by molar-refractivity contribution is -0.119. The quantitative estimate of drug-likeness (QED) is 0.628. The molecule has 1 aliphatic heterocycles. The van der Waals surface area contributed by atoms with Crippen molar-refractivity contribution in [2.45, 2.75) is 32.2 Å². The largest absolute Gasteiger partial charge is 0.367 e. The molecule has 0 aliphatic carbocycles. The number of hydrogen-bond acceptors (Lipinski definition) is 6. The number of amides is 1. The van der Waals surface area contributed by atoms with Crippen LogP contribution in [0.15, 0.2) is 6.20 Å². The van der Waals surface area contributed by atoms with Gasteiger partial charge in [-0.05, 0) is 12.8 Å². The zero-order valence-electron chi connectivity index (χ0n) is 11.9. The van der Waals surface area contributed by atoms with Crippen LogP contribution in [0.4, 0.5) is 11.8 Å². The molecule has 112 valence electrons. The summed E-state index contributed by atoms with van der Waals surface area (Å²) in [7, 11) is 0. The van der Waals surface area contributed by atoms with Gasteiger partial charge in [-0.1, -0.05) is 6.92 Å². The first-order chi connectivity index (χ1) is 10.3. The molecule has 2 aromatic rings. The molecular weight excluding hydrogens is 270 g/mol. The normalized spacial score (nSPS) is 18.0. The Morgan fingerprint density at radius 1 is 1.38 bits per heavy atom. The smallest absolute Gasteiger partial charge is 0.226 e. The summed E-state index contributed by atoms with van der Waals surface area (Å²) in [4.78, 5) is 20.1. The van der Waals surface area contributed by atoms with E-state index < -0.39 is 0 Å². The number of anilines is 2. The first-order valence-electron chi connectivity index (χ1n) is 7.24. The minimum Gasteiger partial charge on any atom is -0.367 e. The van der Waals surface area contributed by atoms with Gasteiger partial charge in [-0.15, -0.1) is 0 Å². The van der Waals surface area contributed by atoms with Crippen molar-refractivity contribution in [1.29, 1.82) is 0 Å². The van der Waals surface area contributed by atoms with E-state index >= 15 is 0 Å². The second-order valence-corrected chi connectivity index (χ2v) is 5.14. The summed E-state index contributed by atoms with van der Waals surface area (Å²) in [5, 5.41) is 17.1. The monoisotopic (exact) mass is 289 g/mol. The molecule has 0 bridgehead atoms. The van der Waals surface area contributed by atoms with Crippen LogP contribution in [0.2, 0.25) is 0 Å². The van der Waals surface area contributed by atoms with Crippen LogP contribution >= 0.6 is 0 Å². The highest BCUT2D eigenvalue weighted by atomic mass is 16.1. The number of H-pyrrole nitrogens is 1. The number of nitrogens with zero attached hydrogens (tertiary/aromatic N) is 3. The van der Waals surface area contributed by atoms with Crippen LogP contribution in [0.1, 0.15) is 26.2 Å². The highest BCUT2D eigenvalue weighted by molar-refractivity contribution is 5.87. The number of carbonyl (C=O) groups is 1. The Morgan fingerprint density at radius 2 is 2.29 bits per heavy atom. The summed E-state index contributed by atoms with van der Waals surface area (Å²) < 4.78 is 0. The molecule has 4 N–H and O–H groups in total. The molecule has 1 aliphatic rings. The second-order valence-electron chi connectivity index (χ2n) is 5.14. The van der Waals surface area contributed by atoms with Gasteiger partial charge < -0.3 is 16.0 Å². The minimum absolute atomic E-state index is 0.114. The van der Waals surface area contributed by atoms with Gasteiger partial charge in [0.2, 0.25) is 11.9 Å². The molecule has 0 aromatic carbocycles. The molecule has 1 atom stereocenters. The Balaban J connectivity index is 1.75. The molecule has 8 nitrogen and oxygen atoms in total. The standard InChI is InChI=1S/C13H19N7O/c1-2-5-14-13-18-11(9-7-16-20-12(9)19-13)15-6-8-3-4-10(21)17-8/h7-8H,2-6H2,1H3,(H,17,21)(H3,14,15,16,18,19,20). The number of hydrogen-bond donors (Lipinski definition) is 4. The molecule has 3 rings (SSSR count). The highest BCUT2D eigenvalue weighted by Crippen LogP contribution is 2.20. The van der Waals surface area contributed by atoms with E-state index in [0.717, 1.165) is 30.6 Å². The topological polar surface area (TPSA) is 108 Å². The van der Waals surface area contributed by atoms with Gasteiger partial charge >= 0.3 is 0 Å². The Labute approximate surface area is 122 Å². The average Bonchev–Trinajstić information content (AvgIpc) is 3.11. The molecule has 0 radical (unpaired) electrons.